The molecule has 2 N–H and O–H groups in total. The van der Waals surface area contributed by atoms with Gasteiger partial charge < -0.3 is 15.5 Å². The van der Waals surface area contributed by atoms with Gasteiger partial charge in [-0.15, -0.1) is 0 Å². The van der Waals surface area contributed by atoms with Crippen LogP contribution in [0.4, 0.5) is 17.3 Å². The third-order valence-corrected chi connectivity index (χ3v) is 6.71. The summed E-state index contributed by atoms with van der Waals surface area (Å²) in [5, 5.41) is 7.36. The van der Waals surface area contributed by atoms with E-state index in [0.717, 1.165) is 68.6 Å². The van der Waals surface area contributed by atoms with Gasteiger partial charge in [0.25, 0.3) is 5.56 Å². The van der Waals surface area contributed by atoms with Crippen molar-refractivity contribution < 1.29 is 4.79 Å². The standard InChI is InChI=1S/C24H29N7O2/c1-15-20-14-27-24(28-17-11-19(13-26-12-17)30-9-7-25-8-10-30)29-22(20)31(18-5-3-4-6-18)23(33)21(15)16(2)32/h11-14,18,25H,3-10H2,1-2H3,(H,27,28,29). The van der Waals surface area contributed by atoms with Crippen LogP contribution in [0.5, 0.6) is 0 Å². The number of aryl methyl sites for hydroxylation is 1. The number of piperazine rings is 1. The van der Waals surface area contributed by atoms with Crippen LogP contribution in [0.25, 0.3) is 11.0 Å². The average Bonchev–Trinajstić information content (AvgIpc) is 3.34. The number of hydrogen-bond acceptors (Lipinski definition) is 8. The Labute approximate surface area is 192 Å². The Morgan fingerprint density at radius 2 is 1.91 bits per heavy atom. The third-order valence-electron chi connectivity index (χ3n) is 6.71. The van der Waals surface area contributed by atoms with E-state index in [-0.39, 0.29) is 22.9 Å². The Morgan fingerprint density at radius 3 is 2.64 bits per heavy atom. The first-order valence-electron chi connectivity index (χ1n) is 11.6. The van der Waals surface area contributed by atoms with Gasteiger partial charge in [0.05, 0.1) is 29.3 Å². The number of ketones is 1. The lowest BCUT2D eigenvalue weighted by molar-refractivity contribution is 0.101. The number of aromatic nitrogens is 4. The molecule has 9 heteroatoms. The summed E-state index contributed by atoms with van der Waals surface area (Å²) in [5.41, 5.74) is 3.06. The van der Waals surface area contributed by atoms with Crippen LogP contribution in [0.3, 0.4) is 0 Å². The van der Waals surface area contributed by atoms with Gasteiger partial charge >= 0.3 is 0 Å². The minimum Gasteiger partial charge on any atom is -0.368 e. The number of pyridine rings is 2. The smallest absolute Gasteiger partial charge is 0.263 e. The second-order valence-corrected chi connectivity index (χ2v) is 8.89. The van der Waals surface area contributed by atoms with Gasteiger partial charge in [-0.05, 0) is 38.3 Å². The fourth-order valence-corrected chi connectivity index (χ4v) is 5.03. The first kappa shape index (κ1) is 21.5. The molecule has 0 aromatic carbocycles. The van der Waals surface area contributed by atoms with Crippen molar-refractivity contribution in [3.05, 3.63) is 46.1 Å². The zero-order valence-corrected chi connectivity index (χ0v) is 19.1. The minimum atomic E-state index is -0.244. The molecule has 3 aromatic heterocycles. The number of carbonyl (C=O) groups is 1. The molecule has 0 radical (unpaired) electrons. The van der Waals surface area contributed by atoms with E-state index in [4.69, 9.17) is 4.98 Å². The molecule has 2 aliphatic rings. The van der Waals surface area contributed by atoms with Gasteiger partial charge in [0.15, 0.2) is 5.78 Å². The van der Waals surface area contributed by atoms with E-state index in [0.29, 0.717) is 17.2 Å². The predicted molar refractivity (Wildman–Crippen MR) is 129 cm³/mol. The maximum absolute atomic E-state index is 13.4. The maximum Gasteiger partial charge on any atom is 0.263 e. The maximum atomic E-state index is 13.4. The fraction of sp³-hybridized carbons (Fsp3) is 0.458. The van der Waals surface area contributed by atoms with Gasteiger partial charge in [-0.25, -0.2) is 4.98 Å². The van der Waals surface area contributed by atoms with E-state index in [2.05, 4.69) is 25.5 Å². The number of hydrogen-bond donors (Lipinski definition) is 2. The normalized spacial score (nSPS) is 17.0. The van der Waals surface area contributed by atoms with E-state index in [1.807, 2.05) is 12.3 Å². The summed E-state index contributed by atoms with van der Waals surface area (Å²) in [6, 6.07) is 2.10. The summed E-state index contributed by atoms with van der Waals surface area (Å²) < 4.78 is 1.73. The Bertz CT molecular complexity index is 1260. The van der Waals surface area contributed by atoms with Crippen LogP contribution >= 0.6 is 0 Å². The van der Waals surface area contributed by atoms with Gasteiger partial charge in [0.1, 0.15) is 5.65 Å². The molecule has 9 nitrogen and oxygen atoms in total. The second-order valence-electron chi connectivity index (χ2n) is 8.89. The monoisotopic (exact) mass is 447 g/mol. The van der Waals surface area contributed by atoms with Gasteiger partial charge in [0, 0.05) is 43.8 Å². The molecule has 172 valence electrons. The molecule has 1 saturated heterocycles. The van der Waals surface area contributed by atoms with Crippen molar-refractivity contribution >= 4 is 34.1 Å². The number of anilines is 3. The zero-order valence-electron chi connectivity index (χ0n) is 19.1. The topological polar surface area (TPSA) is 105 Å². The molecule has 33 heavy (non-hydrogen) atoms. The van der Waals surface area contributed by atoms with Gasteiger partial charge in [-0.2, -0.15) is 4.98 Å². The Kier molecular flexibility index (Phi) is 5.80. The molecule has 0 bridgehead atoms. The molecule has 0 amide bonds. The first-order chi connectivity index (χ1) is 16.0. The van der Waals surface area contributed by atoms with Crippen molar-refractivity contribution in [2.75, 3.05) is 36.4 Å². The van der Waals surface area contributed by atoms with E-state index >= 15 is 0 Å². The lowest BCUT2D eigenvalue weighted by Gasteiger charge is -2.29. The summed E-state index contributed by atoms with van der Waals surface area (Å²) in [6.07, 6.45) is 9.29. The molecule has 3 aromatic rings. The molecule has 5 rings (SSSR count). The highest BCUT2D eigenvalue weighted by Gasteiger charge is 2.25. The van der Waals surface area contributed by atoms with Crippen LogP contribution in [0, 0.1) is 6.92 Å². The molecule has 1 aliphatic carbocycles. The van der Waals surface area contributed by atoms with Crippen LogP contribution in [0.2, 0.25) is 0 Å². The van der Waals surface area contributed by atoms with Gasteiger partial charge in [-0.1, -0.05) is 12.8 Å². The zero-order chi connectivity index (χ0) is 22.9. The highest BCUT2D eigenvalue weighted by atomic mass is 16.1. The molecule has 0 atom stereocenters. The second kappa shape index (κ2) is 8.90. The highest BCUT2D eigenvalue weighted by Crippen LogP contribution is 2.32. The van der Waals surface area contributed by atoms with Crippen LogP contribution in [0.1, 0.15) is 54.6 Å². The largest absolute Gasteiger partial charge is 0.368 e. The molecular weight excluding hydrogens is 418 g/mol. The molecule has 4 heterocycles. The lowest BCUT2D eigenvalue weighted by atomic mass is 10.0. The molecule has 1 saturated carbocycles. The highest BCUT2D eigenvalue weighted by molar-refractivity contribution is 5.99. The first-order valence-corrected chi connectivity index (χ1v) is 11.6. The Morgan fingerprint density at radius 1 is 1.15 bits per heavy atom. The molecule has 1 aliphatic heterocycles. The predicted octanol–water partition coefficient (Wildman–Crippen LogP) is 2.97. The van der Waals surface area contributed by atoms with Crippen molar-refractivity contribution in [1.82, 2.24) is 24.8 Å². The van der Waals surface area contributed by atoms with Gasteiger partial charge in [-0.3, -0.25) is 19.1 Å². The van der Waals surface area contributed by atoms with E-state index in [1.54, 1.807) is 23.9 Å². The molecule has 2 fully saturated rings. The summed E-state index contributed by atoms with van der Waals surface area (Å²) in [6.45, 7) is 7.02. The molecular formula is C24H29N7O2. The van der Waals surface area contributed by atoms with Crippen LogP contribution in [0.15, 0.2) is 29.5 Å². The third kappa shape index (κ3) is 4.08. The van der Waals surface area contributed by atoms with Crippen molar-refractivity contribution in [3.63, 3.8) is 0 Å². The number of fused-ring (bicyclic) bond motifs is 1. The van der Waals surface area contributed by atoms with Crippen molar-refractivity contribution in [1.29, 1.82) is 0 Å². The van der Waals surface area contributed by atoms with E-state index in [1.165, 1.54) is 6.92 Å². The average molecular weight is 448 g/mol. The number of nitrogens with one attached hydrogen (secondary N) is 2. The summed E-state index contributed by atoms with van der Waals surface area (Å²) in [4.78, 5) is 41.6. The quantitative estimate of drug-likeness (QED) is 0.575. The summed E-state index contributed by atoms with van der Waals surface area (Å²) in [5.74, 6) is 0.187. The summed E-state index contributed by atoms with van der Waals surface area (Å²) >= 11 is 0. The van der Waals surface area contributed by atoms with E-state index in [9.17, 15) is 9.59 Å². The SMILES string of the molecule is CC(=O)c1c(C)c2cnc(Nc3cncc(N4CCNCC4)c3)nc2n(C2CCCC2)c1=O. The number of nitrogens with zero attached hydrogens (tertiary/aromatic N) is 5. The van der Waals surface area contributed by atoms with Crippen LogP contribution in [-0.2, 0) is 0 Å². The number of carbonyl (C=O) groups excluding carboxylic acids is 1. The summed E-state index contributed by atoms with van der Waals surface area (Å²) in [7, 11) is 0. The number of rotatable bonds is 5. The minimum absolute atomic E-state index is 0.0548. The van der Waals surface area contributed by atoms with Crippen LogP contribution < -0.4 is 21.1 Å². The molecule has 0 unspecified atom stereocenters. The number of Topliss-reactive ketones (excluding diaryl/α,β-unsaturated/α-hetero) is 1. The van der Waals surface area contributed by atoms with Crippen molar-refractivity contribution in [2.24, 2.45) is 0 Å². The van der Waals surface area contributed by atoms with Crippen LogP contribution in [-0.4, -0.2) is 51.5 Å². The Hall–Kier alpha value is -3.33. The van der Waals surface area contributed by atoms with Crippen molar-refractivity contribution in [3.8, 4) is 0 Å². The van der Waals surface area contributed by atoms with Crippen molar-refractivity contribution in [2.45, 2.75) is 45.6 Å². The Balaban J connectivity index is 1.55. The fourth-order valence-electron chi connectivity index (χ4n) is 5.03. The van der Waals surface area contributed by atoms with E-state index < -0.39 is 0 Å². The van der Waals surface area contributed by atoms with Gasteiger partial charge in [0.2, 0.25) is 5.95 Å². The molecule has 0 spiro atoms. The lowest BCUT2D eigenvalue weighted by Crippen LogP contribution is -2.43.